The van der Waals surface area contributed by atoms with E-state index in [0.717, 1.165) is 0 Å². The molecular weight excluding hydrogens is 355 g/mol. The molecule has 0 spiro atoms. The Morgan fingerprint density at radius 2 is 1.78 bits per heavy atom. The van der Waals surface area contributed by atoms with Gasteiger partial charge in [0.2, 0.25) is 11.6 Å². The average Bonchev–Trinajstić information content (AvgIpc) is 2.92. The van der Waals surface area contributed by atoms with Crippen LogP contribution in [0.4, 0.5) is 18.9 Å². The summed E-state index contributed by atoms with van der Waals surface area (Å²) >= 11 is 0. The number of quaternary nitrogens is 1. The fraction of sp³-hybridized carbons (Fsp3) is 0.450. The van der Waals surface area contributed by atoms with Crippen LogP contribution in [0.3, 0.4) is 0 Å². The van der Waals surface area contributed by atoms with E-state index in [9.17, 15) is 18.0 Å². The number of carbonyl (C=O) groups is 1. The van der Waals surface area contributed by atoms with Gasteiger partial charge in [-0.2, -0.15) is 0 Å². The SMILES string of the molecule is CN1NCC2=C1[N+](c1ccccc1)(C(F)(F)F)C1=C(C2)CC(C)(C)CC1=O. The minimum Gasteiger partial charge on any atom is -0.288 e. The fourth-order valence-electron chi connectivity index (χ4n) is 4.88. The number of allylic oxidation sites excluding steroid dienone is 2. The van der Waals surface area contributed by atoms with Gasteiger partial charge >= 0.3 is 6.30 Å². The number of ketones is 1. The zero-order valence-corrected chi connectivity index (χ0v) is 15.7. The van der Waals surface area contributed by atoms with Crippen molar-refractivity contribution in [3.63, 3.8) is 0 Å². The van der Waals surface area contributed by atoms with Gasteiger partial charge in [0.15, 0.2) is 11.4 Å². The molecule has 27 heavy (non-hydrogen) atoms. The topological polar surface area (TPSA) is 32.3 Å². The Morgan fingerprint density at radius 3 is 2.41 bits per heavy atom. The molecule has 0 amide bonds. The van der Waals surface area contributed by atoms with Gasteiger partial charge in [0.1, 0.15) is 0 Å². The molecule has 4 nitrogen and oxygen atoms in total. The van der Waals surface area contributed by atoms with Gasteiger partial charge in [-0.3, -0.25) is 9.80 Å². The van der Waals surface area contributed by atoms with E-state index in [4.69, 9.17) is 0 Å². The standard InChI is InChI=1S/C20H23F3N3O/c1-19(2)10-13-9-14-12-24-25(3)18(14)26(20(21,22)23,17(13)16(27)11-19)15-7-5-4-6-8-15/h4-8,24H,9-12H2,1-3H3/q+1. The third kappa shape index (κ3) is 2.48. The van der Waals surface area contributed by atoms with Crippen LogP contribution in [-0.4, -0.2) is 30.7 Å². The lowest BCUT2D eigenvalue weighted by atomic mass is 9.72. The lowest BCUT2D eigenvalue weighted by molar-refractivity contribution is -0.222. The summed E-state index contributed by atoms with van der Waals surface area (Å²) in [7, 11) is 1.59. The van der Waals surface area contributed by atoms with Crippen molar-refractivity contribution >= 4 is 11.5 Å². The fourth-order valence-corrected chi connectivity index (χ4v) is 4.88. The number of Topliss-reactive ketones (excluding diaryl/α,β-unsaturated/α-hetero) is 1. The summed E-state index contributed by atoms with van der Waals surface area (Å²) in [5.41, 5.74) is 3.94. The molecule has 1 N–H and O–H groups in total. The zero-order chi connectivity index (χ0) is 19.6. The molecule has 0 fully saturated rings. The molecule has 1 aliphatic carbocycles. The number of carbonyl (C=O) groups excluding carboxylic acids is 1. The highest BCUT2D eigenvalue weighted by molar-refractivity contribution is 6.01. The second-order valence-corrected chi connectivity index (χ2v) is 8.37. The van der Waals surface area contributed by atoms with E-state index in [0.29, 0.717) is 30.5 Å². The second-order valence-electron chi connectivity index (χ2n) is 8.37. The summed E-state index contributed by atoms with van der Waals surface area (Å²) in [6.07, 6.45) is -3.66. The third-order valence-electron chi connectivity index (χ3n) is 5.70. The van der Waals surface area contributed by atoms with Gasteiger partial charge in [0, 0.05) is 49.7 Å². The summed E-state index contributed by atoms with van der Waals surface area (Å²) in [5, 5.41) is 1.44. The lowest BCUT2D eigenvalue weighted by Gasteiger charge is -2.46. The molecule has 0 aromatic heterocycles. The highest BCUT2D eigenvalue weighted by Gasteiger charge is 2.69. The molecule has 4 rings (SSSR count). The van der Waals surface area contributed by atoms with Crippen LogP contribution in [0.5, 0.6) is 0 Å². The number of alkyl halides is 3. The summed E-state index contributed by atoms with van der Waals surface area (Å²) in [4.78, 5) is 13.1. The first-order valence-electron chi connectivity index (χ1n) is 9.05. The molecule has 3 aliphatic rings. The van der Waals surface area contributed by atoms with E-state index < -0.39 is 16.6 Å². The zero-order valence-electron chi connectivity index (χ0n) is 15.7. The molecule has 0 saturated carbocycles. The van der Waals surface area contributed by atoms with Gasteiger partial charge in [0.25, 0.3) is 0 Å². The molecule has 144 valence electrons. The van der Waals surface area contributed by atoms with Gasteiger partial charge in [0.05, 0.1) is 0 Å². The van der Waals surface area contributed by atoms with E-state index in [-0.39, 0.29) is 29.0 Å². The summed E-state index contributed by atoms with van der Waals surface area (Å²) < 4.78 is 43.3. The Morgan fingerprint density at radius 1 is 1.11 bits per heavy atom. The van der Waals surface area contributed by atoms with Crippen molar-refractivity contribution in [3.8, 4) is 0 Å². The first-order chi connectivity index (χ1) is 12.6. The van der Waals surface area contributed by atoms with Gasteiger partial charge < -0.3 is 0 Å². The number of rotatable bonds is 1. The van der Waals surface area contributed by atoms with Crippen LogP contribution < -0.4 is 9.91 Å². The van der Waals surface area contributed by atoms with E-state index in [1.165, 1.54) is 17.1 Å². The van der Waals surface area contributed by atoms with Crippen LogP contribution in [0.25, 0.3) is 0 Å². The predicted octanol–water partition coefficient (Wildman–Crippen LogP) is 4.22. The van der Waals surface area contributed by atoms with Gasteiger partial charge in [-0.25, -0.2) is 5.43 Å². The number of nitrogens with one attached hydrogen (secondary N) is 1. The van der Waals surface area contributed by atoms with E-state index in [1.807, 2.05) is 13.8 Å². The molecule has 7 heteroatoms. The van der Waals surface area contributed by atoms with Crippen molar-refractivity contribution < 1.29 is 18.0 Å². The van der Waals surface area contributed by atoms with Crippen LogP contribution in [0.2, 0.25) is 0 Å². The lowest BCUT2D eigenvalue weighted by Crippen LogP contribution is -2.64. The predicted molar refractivity (Wildman–Crippen MR) is 96.7 cm³/mol. The Labute approximate surface area is 156 Å². The number of benzene rings is 1. The molecule has 1 aromatic rings. The highest BCUT2D eigenvalue weighted by atomic mass is 19.4. The van der Waals surface area contributed by atoms with Gasteiger partial charge in [-0.1, -0.05) is 32.0 Å². The Bertz CT molecular complexity index is 870. The molecule has 1 aromatic carbocycles. The van der Waals surface area contributed by atoms with Crippen LogP contribution in [0.1, 0.15) is 33.1 Å². The van der Waals surface area contributed by atoms with Crippen LogP contribution in [-0.2, 0) is 4.79 Å². The molecule has 2 heterocycles. The maximum absolute atomic E-state index is 14.9. The first kappa shape index (κ1) is 18.3. The maximum Gasteiger partial charge on any atom is 0.577 e. The average molecular weight is 378 g/mol. The third-order valence-corrected chi connectivity index (χ3v) is 5.70. The van der Waals surface area contributed by atoms with E-state index in [2.05, 4.69) is 5.43 Å². The van der Waals surface area contributed by atoms with E-state index in [1.54, 1.807) is 25.2 Å². The number of hydrogen-bond acceptors (Lipinski definition) is 3. The van der Waals surface area contributed by atoms with Gasteiger partial charge in [-0.05, 0) is 11.8 Å². The number of hydrazine groups is 1. The minimum absolute atomic E-state index is 0.0494. The molecule has 1 atom stereocenters. The molecule has 0 radical (unpaired) electrons. The Hall–Kier alpha value is -2.12. The number of para-hydroxylation sites is 1. The van der Waals surface area contributed by atoms with Crippen molar-refractivity contribution in [2.45, 2.75) is 39.4 Å². The van der Waals surface area contributed by atoms with Gasteiger partial charge in [-0.15, -0.1) is 17.7 Å². The van der Waals surface area contributed by atoms with E-state index >= 15 is 0 Å². The smallest absolute Gasteiger partial charge is 0.288 e. The Balaban J connectivity index is 2.09. The normalized spacial score (nSPS) is 27.8. The van der Waals surface area contributed by atoms with Crippen LogP contribution in [0, 0.1) is 5.41 Å². The molecule has 0 saturated heterocycles. The summed E-state index contributed by atoms with van der Waals surface area (Å²) in [6, 6.07) is 7.80. The van der Waals surface area contributed by atoms with Crippen molar-refractivity contribution in [3.05, 3.63) is 53.0 Å². The van der Waals surface area contributed by atoms with Crippen LogP contribution in [0.15, 0.2) is 53.0 Å². The molecule has 2 aliphatic heterocycles. The number of hydrogen-bond donors (Lipinski definition) is 1. The highest BCUT2D eigenvalue weighted by Crippen LogP contribution is 2.55. The van der Waals surface area contributed by atoms with Crippen LogP contribution >= 0.6 is 0 Å². The van der Waals surface area contributed by atoms with Crippen molar-refractivity contribution in [1.29, 1.82) is 0 Å². The maximum atomic E-state index is 14.9. The molecule has 1 unspecified atom stereocenters. The first-order valence-corrected chi connectivity index (χ1v) is 9.05. The summed E-state index contributed by atoms with van der Waals surface area (Å²) in [6.45, 7) is 4.25. The number of halogens is 3. The molecular formula is C20H23F3N3O+. The quantitative estimate of drug-likeness (QED) is 0.587. The van der Waals surface area contributed by atoms with Crippen molar-refractivity contribution in [2.75, 3.05) is 13.6 Å². The molecule has 0 bridgehead atoms. The largest absolute Gasteiger partial charge is 0.577 e. The number of nitrogens with zero attached hydrogens (tertiary/aromatic N) is 2. The summed E-state index contributed by atoms with van der Waals surface area (Å²) in [5.74, 6) is -0.296. The second kappa shape index (κ2) is 5.69. The van der Waals surface area contributed by atoms with Crippen molar-refractivity contribution in [2.24, 2.45) is 5.41 Å². The Kier molecular flexibility index (Phi) is 3.85. The van der Waals surface area contributed by atoms with Crippen molar-refractivity contribution in [1.82, 2.24) is 14.9 Å². The monoisotopic (exact) mass is 378 g/mol. The minimum atomic E-state index is -4.69.